The minimum atomic E-state index is -0.928. The molecule has 2 rings (SSSR count). The van der Waals surface area contributed by atoms with E-state index in [1.807, 2.05) is 38.1 Å². The van der Waals surface area contributed by atoms with E-state index in [1.54, 1.807) is 19.2 Å². The predicted molar refractivity (Wildman–Crippen MR) is 80.2 cm³/mol. The fraction of sp³-hybridized carbons (Fsp3) is 0.235. The molecule has 0 bridgehead atoms. The number of hydrogen-bond donors (Lipinski definition) is 1. The monoisotopic (exact) mass is 286 g/mol. The minimum Gasteiger partial charge on any atom is -0.497 e. The molecule has 0 heterocycles. The molecule has 0 aromatic heterocycles. The van der Waals surface area contributed by atoms with Crippen LogP contribution in [0.15, 0.2) is 36.4 Å². The molecule has 0 aliphatic rings. The summed E-state index contributed by atoms with van der Waals surface area (Å²) in [4.78, 5) is 11.0. The van der Waals surface area contributed by atoms with Crippen LogP contribution in [0.3, 0.4) is 0 Å². The van der Waals surface area contributed by atoms with Crippen molar-refractivity contribution >= 4 is 5.97 Å². The van der Waals surface area contributed by atoms with E-state index in [2.05, 4.69) is 0 Å². The molecule has 4 nitrogen and oxygen atoms in total. The molecular formula is C17H18O4. The molecule has 1 N–H and O–H groups in total. The largest absolute Gasteiger partial charge is 0.497 e. The number of methoxy groups -OCH3 is 1. The minimum absolute atomic E-state index is 0.279. The van der Waals surface area contributed by atoms with Crippen LogP contribution in [0.4, 0.5) is 0 Å². The molecule has 4 heteroatoms. The van der Waals surface area contributed by atoms with Crippen LogP contribution >= 0.6 is 0 Å². The Bertz CT molecular complexity index is 621. The zero-order valence-electron chi connectivity index (χ0n) is 12.3. The highest BCUT2D eigenvalue weighted by molar-refractivity contribution is 5.88. The summed E-state index contributed by atoms with van der Waals surface area (Å²) in [6.45, 7) is 4.13. The van der Waals surface area contributed by atoms with Gasteiger partial charge in [-0.05, 0) is 54.8 Å². The van der Waals surface area contributed by atoms with E-state index in [1.165, 1.54) is 0 Å². The van der Waals surface area contributed by atoms with E-state index in [-0.39, 0.29) is 5.56 Å². The van der Waals surface area contributed by atoms with E-state index >= 15 is 0 Å². The molecule has 2 aromatic rings. The Morgan fingerprint density at radius 3 is 2.14 bits per heavy atom. The van der Waals surface area contributed by atoms with Crippen molar-refractivity contribution in [1.29, 1.82) is 0 Å². The van der Waals surface area contributed by atoms with Crippen molar-refractivity contribution in [2.24, 2.45) is 0 Å². The number of rotatable bonds is 5. The van der Waals surface area contributed by atoms with Crippen LogP contribution in [0.2, 0.25) is 0 Å². The molecule has 0 radical (unpaired) electrons. The van der Waals surface area contributed by atoms with Crippen LogP contribution in [0.5, 0.6) is 11.5 Å². The quantitative estimate of drug-likeness (QED) is 0.912. The van der Waals surface area contributed by atoms with E-state index in [9.17, 15) is 4.79 Å². The molecule has 0 aliphatic carbocycles. The Morgan fingerprint density at radius 2 is 1.67 bits per heavy atom. The standard InChI is InChI=1S/C17H18O4/c1-11-8-14(17(18)19)9-12(2)16(11)21-10-13-4-6-15(20-3)7-5-13/h4-9H,10H2,1-3H3,(H,18,19). The summed E-state index contributed by atoms with van der Waals surface area (Å²) in [5.74, 6) is 0.607. The van der Waals surface area contributed by atoms with Gasteiger partial charge in [-0.15, -0.1) is 0 Å². The maximum atomic E-state index is 11.0. The van der Waals surface area contributed by atoms with E-state index in [0.29, 0.717) is 6.61 Å². The van der Waals surface area contributed by atoms with Gasteiger partial charge in [0.2, 0.25) is 0 Å². The number of carbonyl (C=O) groups is 1. The molecule has 0 unspecified atom stereocenters. The van der Waals surface area contributed by atoms with E-state index in [0.717, 1.165) is 28.2 Å². The maximum absolute atomic E-state index is 11.0. The Hall–Kier alpha value is -2.49. The summed E-state index contributed by atoms with van der Waals surface area (Å²) < 4.78 is 10.9. The van der Waals surface area contributed by atoms with Gasteiger partial charge in [-0.1, -0.05) is 12.1 Å². The molecule has 0 atom stereocenters. The third-order valence-electron chi connectivity index (χ3n) is 3.25. The van der Waals surface area contributed by atoms with Crippen LogP contribution in [0, 0.1) is 13.8 Å². The number of hydrogen-bond acceptors (Lipinski definition) is 3. The van der Waals surface area contributed by atoms with Crippen LogP contribution in [-0.4, -0.2) is 18.2 Å². The number of carboxylic acid groups (broad SMARTS) is 1. The van der Waals surface area contributed by atoms with Crippen molar-refractivity contribution in [3.8, 4) is 11.5 Å². The lowest BCUT2D eigenvalue weighted by atomic mass is 10.1. The topological polar surface area (TPSA) is 55.8 Å². The van der Waals surface area contributed by atoms with Crippen molar-refractivity contribution < 1.29 is 19.4 Å². The highest BCUT2D eigenvalue weighted by Crippen LogP contribution is 2.26. The first kappa shape index (κ1) is 14.9. The smallest absolute Gasteiger partial charge is 0.335 e. The zero-order chi connectivity index (χ0) is 15.4. The van der Waals surface area contributed by atoms with Gasteiger partial charge in [0.25, 0.3) is 0 Å². The second kappa shape index (κ2) is 6.31. The van der Waals surface area contributed by atoms with Crippen molar-refractivity contribution in [2.45, 2.75) is 20.5 Å². The average Bonchev–Trinajstić information content (AvgIpc) is 2.46. The first-order valence-electron chi connectivity index (χ1n) is 6.61. The molecule has 0 aliphatic heterocycles. The SMILES string of the molecule is COc1ccc(COc2c(C)cc(C(=O)O)cc2C)cc1. The molecule has 0 saturated carbocycles. The van der Waals surface area contributed by atoms with Crippen molar-refractivity contribution in [3.63, 3.8) is 0 Å². The molecule has 0 fully saturated rings. The fourth-order valence-corrected chi connectivity index (χ4v) is 2.18. The average molecular weight is 286 g/mol. The van der Waals surface area contributed by atoms with Gasteiger partial charge >= 0.3 is 5.97 Å². The second-order valence-electron chi connectivity index (χ2n) is 4.88. The van der Waals surface area contributed by atoms with Gasteiger partial charge in [-0.25, -0.2) is 4.79 Å². The van der Waals surface area contributed by atoms with Gasteiger partial charge < -0.3 is 14.6 Å². The third-order valence-corrected chi connectivity index (χ3v) is 3.25. The van der Waals surface area contributed by atoms with Crippen LogP contribution in [0.25, 0.3) is 0 Å². The van der Waals surface area contributed by atoms with Gasteiger partial charge in [0.05, 0.1) is 12.7 Å². The van der Waals surface area contributed by atoms with Crippen LogP contribution < -0.4 is 9.47 Å². The van der Waals surface area contributed by atoms with Gasteiger partial charge in [-0.3, -0.25) is 0 Å². The Balaban J connectivity index is 2.14. The lowest BCUT2D eigenvalue weighted by Gasteiger charge is -2.13. The highest BCUT2D eigenvalue weighted by atomic mass is 16.5. The molecule has 110 valence electrons. The molecule has 0 amide bonds. The summed E-state index contributed by atoms with van der Waals surface area (Å²) in [5, 5.41) is 9.03. The van der Waals surface area contributed by atoms with E-state index < -0.39 is 5.97 Å². The van der Waals surface area contributed by atoms with Crippen molar-refractivity contribution in [3.05, 3.63) is 58.7 Å². The van der Waals surface area contributed by atoms with Crippen LogP contribution in [-0.2, 0) is 6.61 Å². The normalized spacial score (nSPS) is 10.2. The fourth-order valence-electron chi connectivity index (χ4n) is 2.18. The summed E-state index contributed by atoms with van der Waals surface area (Å²) in [6, 6.07) is 10.9. The number of ether oxygens (including phenoxy) is 2. The van der Waals surface area contributed by atoms with Gasteiger partial charge in [0.15, 0.2) is 0 Å². The molecule has 0 spiro atoms. The lowest BCUT2D eigenvalue weighted by Crippen LogP contribution is -2.03. The molecule has 0 saturated heterocycles. The first-order valence-corrected chi connectivity index (χ1v) is 6.61. The molecule has 21 heavy (non-hydrogen) atoms. The van der Waals surface area contributed by atoms with E-state index in [4.69, 9.17) is 14.6 Å². The Labute approximate surface area is 123 Å². The number of carboxylic acids is 1. The predicted octanol–water partition coefficient (Wildman–Crippen LogP) is 3.59. The number of benzene rings is 2. The van der Waals surface area contributed by atoms with Gasteiger partial charge in [0, 0.05) is 0 Å². The van der Waals surface area contributed by atoms with Crippen LogP contribution in [0.1, 0.15) is 27.0 Å². The summed E-state index contributed by atoms with van der Waals surface area (Å²) in [5.41, 5.74) is 2.94. The second-order valence-corrected chi connectivity index (χ2v) is 4.88. The maximum Gasteiger partial charge on any atom is 0.335 e. The lowest BCUT2D eigenvalue weighted by molar-refractivity contribution is 0.0696. The Morgan fingerprint density at radius 1 is 1.10 bits per heavy atom. The van der Waals surface area contributed by atoms with Crippen molar-refractivity contribution in [1.82, 2.24) is 0 Å². The summed E-state index contributed by atoms with van der Waals surface area (Å²) in [7, 11) is 1.63. The number of aromatic carboxylic acids is 1. The summed E-state index contributed by atoms with van der Waals surface area (Å²) in [6.07, 6.45) is 0. The van der Waals surface area contributed by atoms with Gasteiger partial charge in [-0.2, -0.15) is 0 Å². The number of aryl methyl sites for hydroxylation is 2. The first-order chi connectivity index (χ1) is 10.0. The summed E-state index contributed by atoms with van der Waals surface area (Å²) >= 11 is 0. The third kappa shape index (κ3) is 3.54. The highest BCUT2D eigenvalue weighted by Gasteiger charge is 2.10. The molecular weight excluding hydrogens is 268 g/mol. The van der Waals surface area contributed by atoms with Gasteiger partial charge in [0.1, 0.15) is 18.1 Å². The van der Waals surface area contributed by atoms with Crippen molar-refractivity contribution in [2.75, 3.05) is 7.11 Å². The Kier molecular flexibility index (Phi) is 4.48. The zero-order valence-corrected chi connectivity index (χ0v) is 12.3. The molecule has 2 aromatic carbocycles.